The lowest BCUT2D eigenvalue weighted by Crippen LogP contribution is -2.47. The summed E-state index contributed by atoms with van der Waals surface area (Å²) < 4.78 is 96.9. The average molecular weight is 1450 g/mol. The monoisotopic (exact) mass is 1450 g/mol. The highest BCUT2D eigenvalue weighted by Gasteiger charge is 2.46. The number of amidine groups is 2. The average Bonchev–Trinajstić information content (AvgIpc) is 1.63. The first-order valence-electron chi connectivity index (χ1n) is 33.0. The van der Waals surface area contributed by atoms with E-state index >= 15 is 0 Å². The van der Waals surface area contributed by atoms with E-state index in [9.17, 15) is 55.2 Å². The van der Waals surface area contributed by atoms with Crippen molar-refractivity contribution in [3.63, 3.8) is 0 Å². The number of rotatable bonds is 23. The number of amides is 5. The first-order chi connectivity index (χ1) is 48.5. The van der Waals surface area contributed by atoms with Gasteiger partial charge >= 0.3 is 57.9 Å². The Morgan fingerprint density at radius 2 is 0.786 bits per heavy atom. The first-order valence-corrected chi connectivity index (χ1v) is 34.4. The summed E-state index contributed by atoms with van der Waals surface area (Å²) in [4.78, 5) is 90.5. The molecule has 0 radical (unpaired) electrons. The maximum Gasteiger partial charge on any atom is 0.518 e. The molecule has 0 heterocycles. The van der Waals surface area contributed by atoms with Gasteiger partial charge in [-0.25, -0.2) is 34.0 Å². The fraction of sp³-hybridized carbons (Fsp3) is 0.392. The van der Waals surface area contributed by atoms with E-state index in [1.807, 2.05) is 121 Å². The molecule has 0 atom stereocenters. The molecule has 0 saturated heterocycles. The molecule has 5 amide bonds. The Kier molecular flexibility index (Phi) is 30.1. The summed E-state index contributed by atoms with van der Waals surface area (Å²) in [5, 5.41) is 9.94. The van der Waals surface area contributed by atoms with Gasteiger partial charge in [-0.2, -0.15) is 21.6 Å². The Labute approximate surface area is 598 Å². The van der Waals surface area contributed by atoms with Crippen molar-refractivity contribution in [1.82, 2.24) is 36.8 Å². The van der Waals surface area contributed by atoms with Gasteiger partial charge in [0.25, 0.3) is 0 Å². The number of aliphatic imine (C=N–C) groups is 1. The van der Waals surface area contributed by atoms with Crippen LogP contribution in [0.5, 0.6) is 0 Å². The molecule has 2 aliphatic carbocycles. The summed E-state index contributed by atoms with van der Waals surface area (Å²) in [6, 6.07) is 51.1. The van der Waals surface area contributed by atoms with Crippen LogP contribution in [0.25, 0.3) is 22.3 Å². The Bertz CT molecular complexity index is 3940. The zero-order valence-corrected chi connectivity index (χ0v) is 60.3. The molecule has 29 heteroatoms. The van der Waals surface area contributed by atoms with Crippen molar-refractivity contribution in [2.75, 3.05) is 52.5 Å². The molecule has 0 aliphatic heterocycles. The number of hydrazine groups is 2. The lowest BCUT2D eigenvalue weighted by atomic mass is 9.98. The molecule has 554 valence electrons. The predicted molar refractivity (Wildman–Crippen MR) is 380 cm³/mol. The van der Waals surface area contributed by atoms with Crippen molar-refractivity contribution in [3.05, 3.63) is 191 Å². The van der Waals surface area contributed by atoms with Crippen molar-refractivity contribution < 1.29 is 88.3 Å². The first kappa shape index (κ1) is 81.6. The summed E-state index contributed by atoms with van der Waals surface area (Å²) in [6.45, 7) is 19.2. The number of nitrogens with one attached hydrogen (secondary N) is 5. The number of alkyl halides is 3. The molecular weight excluding hydrogens is 1360 g/mol. The van der Waals surface area contributed by atoms with Crippen LogP contribution < -0.4 is 26.8 Å². The number of carbonyl (C=O) groups is 7. The van der Waals surface area contributed by atoms with Crippen molar-refractivity contribution in [3.8, 4) is 22.3 Å². The van der Waals surface area contributed by atoms with Gasteiger partial charge in [-0.05, 0) is 145 Å². The Morgan fingerprint density at radius 3 is 1.16 bits per heavy atom. The summed E-state index contributed by atoms with van der Waals surface area (Å²) in [7, 11) is -5.67. The minimum absolute atomic E-state index is 0.0875. The van der Waals surface area contributed by atoms with Crippen LogP contribution in [0.4, 0.5) is 37.1 Å². The Morgan fingerprint density at radius 1 is 0.447 bits per heavy atom. The third-order valence-corrected chi connectivity index (χ3v) is 15.5. The minimum atomic E-state index is -5.67. The standard InChI is InChI=1S/C34H40N4O6.C32H37N3O6.C8H13F3N2O4S/c1-24(36-32(40)44-34(2,3)4)35-19-12-20-38(21-31(39)42-22-25-13-6-5-7-14-25)37-33(41)43-23-30-28-17-10-8-15-26(28)27-16-9-11-18-29(27)30;1-32(2,3)41-30(37)33-18-11-19-35(20-29(36)39-21-23-12-5-4-6-13-23)34-31(38)40-22-28-26-16-9-7-14-24(26)25-15-8-10-17-27(25)28;1-5(12-6(14)17-7(2,3)4)13-18(15,16)8(9,10)11/h5-11,13-18,30H,12,19-23H2,1-4H3,(H,37,41)(H,35,36,40);4-10,12-17,28H,11,18-22H2,1-3H3,(H,33,37)(H,34,38);1-4H3,(H,12,13,14). The number of alkyl carbamates (subject to hydrolysis) is 3. The second-order valence-electron chi connectivity index (χ2n) is 26.5. The number of hydrogen-bond donors (Lipinski definition) is 5. The summed E-state index contributed by atoms with van der Waals surface area (Å²) in [5.41, 5.74) is 8.46. The van der Waals surface area contributed by atoms with Gasteiger partial charge in [0.2, 0.25) is 0 Å². The van der Waals surface area contributed by atoms with Crippen LogP contribution in [0.2, 0.25) is 0 Å². The van der Waals surface area contributed by atoms with E-state index in [2.05, 4.69) is 67.3 Å². The molecule has 5 N–H and O–H groups in total. The van der Waals surface area contributed by atoms with Gasteiger partial charge in [0.1, 0.15) is 68.0 Å². The van der Waals surface area contributed by atoms with Gasteiger partial charge in [0.05, 0.1) is 0 Å². The molecule has 0 saturated carbocycles. The zero-order chi connectivity index (χ0) is 75.5. The highest BCUT2D eigenvalue weighted by molar-refractivity contribution is 7.91. The maximum absolute atomic E-state index is 13.0. The number of hydrogen-bond acceptors (Lipinski definition) is 19. The molecule has 0 bridgehead atoms. The van der Waals surface area contributed by atoms with Gasteiger partial charge in [-0.3, -0.25) is 36.1 Å². The second kappa shape index (κ2) is 38.0. The minimum Gasteiger partial charge on any atom is -0.460 e. The van der Waals surface area contributed by atoms with E-state index in [1.165, 1.54) is 30.8 Å². The maximum atomic E-state index is 13.0. The molecule has 25 nitrogen and oxygen atoms in total. The van der Waals surface area contributed by atoms with E-state index in [0.29, 0.717) is 25.2 Å². The predicted octanol–water partition coefficient (Wildman–Crippen LogP) is 13.0. The zero-order valence-electron chi connectivity index (χ0n) is 59.5. The molecule has 103 heavy (non-hydrogen) atoms. The largest absolute Gasteiger partial charge is 0.518 e. The summed E-state index contributed by atoms with van der Waals surface area (Å²) >= 11 is 0. The van der Waals surface area contributed by atoms with Gasteiger partial charge in [-0.1, -0.05) is 158 Å². The molecule has 0 aromatic heterocycles. The molecule has 8 rings (SSSR count). The van der Waals surface area contributed by atoms with Gasteiger partial charge in [-0.15, -0.1) is 4.40 Å². The third kappa shape index (κ3) is 28.5. The lowest BCUT2D eigenvalue weighted by Gasteiger charge is -2.23. The van der Waals surface area contributed by atoms with Crippen molar-refractivity contribution >= 4 is 64.1 Å². The summed E-state index contributed by atoms with van der Waals surface area (Å²) in [6.07, 6.45) is -2.65. The van der Waals surface area contributed by atoms with E-state index in [-0.39, 0.29) is 71.0 Å². The Hall–Kier alpha value is -10.4. The van der Waals surface area contributed by atoms with Crippen molar-refractivity contribution in [2.24, 2.45) is 9.39 Å². The number of fused-ring (bicyclic) bond motifs is 6. The number of benzene rings is 6. The summed E-state index contributed by atoms with van der Waals surface area (Å²) in [5.74, 6) is -1.52. The number of esters is 2. The van der Waals surface area contributed by atoms with Crippen LogP contribution >= 0.6 is 0 Å². The molecule has 6 aromatic carbocycles. The number of nitrogens with zero attached hydrogens (tertiary/aromatic N) is 4. The van der Waals surface area contributed by atoms with Crippen LogP contribution in [0, 0.1) is 0 Å². The van der Waals surface area contributed by atoms with Crippen LogP contribution in [0.3, 0.4) is 0 Å². The molecule has 0 unspecified atom stereocenters. The van der Waals surface area contributed by atoms with Gasteiger partial charge < -0.3 is 38.5 Å². The van der Waals surface area contributed by atoms with E-state index < -0.39 is 80.6 Å². The topological polar surface area (TPSA) is 310 Å². The van der Waals surface area contributed by atoms with Crippen LogP contribution in [-0.4, -0.2) is 147 Å². The molecule has 0 fully saturated rings. The number of halogens is 3. The van der Waals surface area contributed by atoms with Crippen LogP contribution in [0.1, 0.15) is 134 Å². The van der Waals surface area contributed by atoms with Crippen LogP contribution in [0.15, 0.2) is 167 Å². The molecule has 2 aliphatic rings. The highest BCUT2D eigenvalue weighted by Crippen LogP contribution is 2.46. The van der Waals surface area contributed by atoms with E-state index in [0.717, 1.165) is 62.6 Å². The van der Waals surface area contributed by atoms with Gasteiger partial charge in [0.15, 0.2) is 0 Å². The van der Waals surface area contributed by atoms with Crippen LogP contribution in [-0.2, 0) is 66.0 Å². The molecule has 6 aromatic rings. The SMILES string of the molecule is CC(=NCCCN(CC(=O)OCc1ccccc1)NC(=O)OCC1c2ccccc2-c2ccccc21)NC(=O)OC(C)(C)C.CC(=NS(=O)(=O)C(F)(F)F)NC(=O)OC(C)(C)C.CC(C)(C)OC(=O)NCCCN(CC(=O)OCc1ccccc1)NC(=O)OCC1c2ccccc2-c2ccccc21. The number of ether oxygens (including phenoxy) is 7. The quantitative estimate of drug-likeness (QED) is 0.00994. The van der Waals surface area contributed by atoms with Crippen molar-refractivity contribution in [2.45, 2.75) is 136 Å². The van der Waals surface area contributed by atoms with E-state index in [1.54, 1.807) is 53.8 Å². The third-order valence-electron chi connectivity index (χ3n) is 14.4. The second-order valence-corrected chi connectivity index (χ2v) is 28.1. The fourth-order valence-corrected chi connectivity index (χ4v) is 10.7. The highest BCUT2D eigenvalue weighted by atomic mass is 32.2. The Balaban J connectivity index is 0.000000263. The molecule has 0 spiro atoms. The smallest absolute Gasteiger partial charge is 0.460 e. The number of carbonyl (C=O) groups excluding carboxylic acids is 7. The van der Waals surface area contributed by atoms with Crippen molar-refractivity contribution in [1.29, 1.82) is 0 Å². The van der Waals surface area contributed by atoms with E-state index in [4.69, 9.17) is 33.2 Å². The van der Waals surface area contributed by atoms with Gasteiger partial charge in [0, 0.05) is 38.0 Å². The fourth-order valence-electron chi connectivity index (χ4n) is 10.2. The number of sulfonamides is 1. The lowest BCUT2D eigenvalue weighted by molar-refractivity contribution is -0.147. The normalized spacial score (nSPS) is 12.8. The molecular formula is C74H90F3N9O16S.